The van der Waals surface area contributed by atoms with Crippen LogP contribution in [0.5, 0.6) is 11.5 Å². The number of hydrogen-bond donors (Lipinski definition) is 2. The molecule has 0 radical (unpaired) electrons. The van der Waals surface area contributed by atoms with Crippen molar-refractivity contribution in [1.29, 1.82) is 0 Å². The van der Waals surface area contributed by atoms with Gasteiger partial charge in [0.2, 0.25) is 0 Å². The Hall–Kier alpha value is -4.00. The Bertz CT molecular complexity index is 1230. The molecule has 4 rings (SSSR count). The van der Waals surface area contributed by atoms with E-state index in [9.17, 15) is 0 Å². The van der Waals surface area contributed by atoms with Gasteiger partial charge in [0.15, 0.2) is 5.96 Å². The lowest BCUT2D eigenvalue weighted by Gasteiger charge is -2.15. The van der Waals surface area contributed by atoms with Gasteiger partial charge in [0.25, 0.3) is 0 Å². The highest BCUT2D eigenvalue weighted by Gasteiger charge is 2.07. The Kier molecular flexibility index (Phi) is 7.09. The average Bonchev–Trinajstić information content (AvgIpc) is 3.27. The van der Waals surface area contributed by atoms with Crippen LogP contribution in [0, 0.1) is 0 Å². The largest absolute Gasteiger partial charge is 0.497 e. The average molecular weight is 444 g/mol. The third kappa shape index (κ3) is 5.44. The summed E-state index contributed by atoms with van der Waals surface area (Å²) in [6.45, 7) is 2.06. The maximum absolute atomic E-state index is 5.47. The second kappa shape index (κ2) is 10.5. The molecule has 0 aliphatic rings. The number of fused-ring (bicyclic) bond motifs is 1. The van der Waals surface area contributed by atoms with Gasteiger partial charge in [0.1, 0.15) is 11.5 Å². The normalized spacial score (nSPS) is 11.4. The number of imidazole rings is 1. The first-order valence-electron chi connectivity index (χ1n) is 10.8. The van der Waals surface area contributed by atoms with E-state index >= 15 is 0 Å². The van der Waals surface area contributed by atoms with Crippen molar-refractivity contribution < 1.29 is 9.47 Å². The molecule has 0 spiro atoms. The molecule has 0 unspecified atom stereocenters. The number of aliphatic imine (C=N–C) groups is 1. The van der Waals surface area contributed by atoms with Crippen LogP contribution in [-0.2, 0) is 19.6 Å². The van der Waals surface area contributed by atoms with E-state index < -0.39 is 0 Å². The fourth-order valence-corrected chi connectivity index (χ4v) is 3.68. The summed E-state index contributed by atoms with van der Waals surface area (Å²) in [5.41, 5.74) is 5.60. The lowest BCUT2D eigenvalue weighted by Crippen LogP contribution is -2.36. The Labute approximate surface area is 194 Å². The van der Waals surface area contributed by atoms with E-state index in [4.69, 9.17) is 9.47 Å². The molecule has 170 valence electrons. The summed E-state index contributed by atoms with van der Waals surface area (Å²) in [6.07, 6.45) is 1.90. The molecule has 2 N–H and O–H groups in total. The summed E-state index contributed by atoms with van der Waals surface area (Å²) >= 11 is 0. The minimum absolute atomic E-state index is 0.588. The van der Waals surface area contributed by atoms with Gasteiger partial charge in [-0.2, -0.15) is 0 Å². The van der Waals surface area contributed by atoms with Crippen molar-refractivity contribution in [2.24, 2.45) is 4.99 Å². The SMILES string of the molecule is CN=C(NCc1ccc(Cn2cnc3ccccc32)cc1)NCc1ccc(OC)cc1OC. The molecule has 0 saturated carbocycles. The molecular weight excluding hydrogens is 414 g/mol. The molecule has 7 nitrogen and oxygen atoms in total. The first-order valence-corrected chi connectivity index (χ1v) is 10.8. The standard InChI is InChI=1S/C26H29N5O2/c1-27-26(29-16-21-12-13-22(32-2)14-25(21)33-3)28-15-19-8-10-20(11-9-19)17-31-18-30-23-6-4-5-7-24(23)31/h4-14,18H,15-17H2,1-3H3,(H2,27,28,29). The fourth-order valence-electron chi connectivity index (χ4n) is 3.68. The lowest BCUT2D eigenvalue weighted by molar-refractivity contribution is 0.390. The highest BCUT2D eigenvalue weighted by molar-refractivity contribution is 5.79. The van der Waals surface area contributed by atoms with Crippen molar-refractivity contribution in [3.63, 3.8) is 0 Å². The van der Waals surface area contributed by atoms with Crippen molar-refractivity contribution >= 4 is 17.0 Å². The third-order valence-electron chi connectivity index (χ3n) is 5.53. The Morgan fingerprint density at radius 2 is 1.67 bits per heavy atom. The minimum Gasteiger partial charge on any atom is -0.497 e. The van der Waals surface area contributed by atoms with Crippen molar-refractivity contribution in [1.82, 2.24) is 20.2 Å². The number of ether oxygens (including phenoxy) is 2. The van der Waals surface area contributed by atoms with Crippen molar-refractivity contribution in [3.05, 3.63) is 89.7 Å². The molecule has 0 amide bonds. The first kappa shape index (κ1) is 22.2. The molecule has 1 heterocycles. The Balaban J connectivity index is 1.32. The maximum atomic E-state index is 5.47. The molecule has 0 saturated heterocycles. The predicted molar refractivity (Wildman–Crippen MR) is 132 cm³/mol. The topological polar surface area (TPSA) is 72.7 Å². The summed E-state index contributed by atoms with van der Waals surface area (Å²) < 4.78 is 12.9. The quantitative estimate of drug-likeness (QED) is 0.319. The van der Waals surface area contributed by atoms with Crippen LogP contribution in [0.15, 0.2) is 78.0 Å². The van der Waals surface area contributed by atoms with Gasteiger partial charge in [-0.05, 0) is 35.4 Å². The van der Waals surface area contributed by atoms with Crippen molar-refractivity contribution in [3.8, 4) is 11.5 Å². The van der Waals surface area contributed by atoms with E-state index in [2.05, 4.69) is 55.5 Å². The van der Waals surface area contributed by atoms with Gasteiger partial charge >= 0.3 is 0 Å². The molecule has 33 heavy (non-hydrogen) atoms. The molecule has 0 aliphatic carbocycles. The molecule has 3 aromatic carbocycles. The molecule has 4 aromatic rings. The lowest BCUT2D eigenvalue weighted by atomic mass is 10.1. The van der Waals surface area contributed by atoms with Gasteiger partial charge in [0.05, 0.1) is 31.6 Å². The third-order valence-corrected chi connectivity index (χ3v) is 5.53. The zero-order valence-electron chi connectivity index (χ0n) is 19.2. The molecule has 1 aromatic heterocycles. The smallest absolute Gasteiger partial charge is 0.191 e. The Morgan fingerprint density at radius 1 is 0.909 bits per heavy atom. The van der Waals surface area contributed by atoms with Crippen molar-refractivity contribution in [2.45, 2.75) is 19.6 Å². The minimum atomic E-state index is 0.588. The maximum Gasteiger partial charge on any atom is 0.191 e. The van der Waals surface area contributed by atoms with E-state index in [-0.39, 0.29) is 0 Å². The molecule has 0 fully saturated rings. The van der Waals surface area contributed by atoms with E-state index in [1.54, 1.807) is 21.3 Å². The number of nitrogens with zero attached hydrogens (tertiary/aromatic N) is 3. The van der Waals surface area contributed by atoms with E-state index in [1.807, 2.05) is 42.7 Å². The van der Waals surface area contributed by atoms with Crippen LogP contribution < -0.4 is 20.1 Å². The second-order valence-corrected chi connectivity index (χ2v) is 7.63. The van der Waals surface area contributed by atoms with Crippen LogP contribution in [-0.4, -0.2) is 36.8 Å². The highest BCUT2D eigenvalue weighted by Crippen LogP contribution is 2.24. The van der Waals surface area contributed by atoms with Crippen LogP contribution in [0.1, 0.15) is 16.7 Å². The fraction of sp³-hybridized carbons (Fsp3) is 0.231. The number of methoxy groups -OCH3 is 2. The summed E-state index contributed by atoms with van der Waals surface area (Å²) in [6, 6.07) is 22.6. The van der Waals surface area contributed by atoms with Gasteiger partial charge in [-0.25, -0.2) is 4.98 Å². The Morgan fingerprint density at radius 3 is 2.42 bits per heavy atom. The number of benzene rings is 3. The molecule has 0 atom stereocenters. The van der Waals surface area contributed by atoms with E-state index in [0.29, 0.717) is 13.1 Å². The molecular formula is C26H29N5O2. The van der Waals surface area contributed by atoms with Crippen molar-refractivity contribution in [2.75, 3.05) is 21.3 Å². The summed E-state index contributed by atoms with van der Waals surface area (Å²) in [7, 11) is 5.06. The monoisotopic (exact) mass is 443 g/mol. The number of nitrogens with one attached hydrogen (secondary N) is 2. The number of hydrogen-bond acceptors (Lipinski definition) is 4. The summed E-state index contributed by atoms with van der Waals surface area (Å²) in [5.74, 6) is 2.27. The highest BCUT2D eigenvalue weighted by atomic mass is 16.5. The van der Waals surface area contributed by atoms with Crippen LogP contribution >= 0.6 is 0 Å². The van der Waals surface area contributed by atoms with Crippen LogP contribution in [0.4, 0.5) is 0 Å². The van der Waals surface area contributed by atoms with Gasteiger partial charge in [-0.3, -0.25) is 4.99 Å². The molecule has 7 heteroatoms. The van der Waals surface area contributed by atoms with Crippen LogP contribution in [0.3, 0.4) is 0 Å². The van der Waals surface area contributed by atoms with Gasteiger partial charge in [-0.1, -0.05) is 36.4 Å². The number of rotatable bonds is 8. The van der Waals surface area contributed by atoms with Gasteiger partial charge in [0, 0.05) is 38.3 Å². The van der Waals surface area contributed by atoms with Crippen LogP contribution in [0.25, 0.3) is 11.0 Å². The molecule has 0 bridgehead atoms. The summed E-state index contributed by atoms with van der Waals surface area (Å²) in [5, 5.41) is 6.70. The van der Waals surface area contributed by atoms with Gasteiger partial charge < -0.3 is 24.7 Å². The zero-order chi connectivity index (χ0) is 23.0. The second-order valence-electron chi connectivity index (χ2n) is 7.63. The van der Waals surface area contributed by atoms with Gasteiger partial charge in [-0.15, -0.1) is 0 Å². The number of guanidine groups is 1. The summed E-state index contributed by atoms with van der Waals surface area (Å²) in [4.78, 5) is 8.79. The zero-order valence-corrected chi connectivity index (χ0v) is 19.2. The predicted octanol–water partition coefficient (Wildman–Crippen LogP) is 3.97. The first-order chi connectivity index (χ1) is 16.2. The number of aromatic nitrogens is 2. The van der Waals surface area contributed by atoms with Crippen LogP contribution in [0.2, 0.25) is 0 Å². The molecule has 0 aliphatic heterocycles. The number of para-hydroxylation sites is 2. The van der Waals surface area contributed by atoms with E-state index in [1.165, 1.54) is 11.1 Å². The van der Waals surface area contributed by atoms with E-state index in [0.717, 1.165) is 40.6 Å².